The quantitative estimate of drug-likeness (QED) is 0.387. The van der Waals surface area contributed by atoms with Gasteiger partial charge in [-0.25, -0.2) is 9.18 Å². The number of hydrogen-bond acceptors (Lipinski definition) is 6. The standard InChI is InChI=1S/C25H29F3N4O4.C7H6O2/c1-24(2)6-19(24)22(35)31-13-25(14-31)12-30(10-17(25)11-33)21(34)16-7-29-32(9-16)8-15-3-4-18(26)5-20(15)36-23(27)28;8-7(9)6-4-2-1-3-5-6/h3-5,7,9,17,19,23,33H,6,8,10-14H2,1-2H3;1-5H,(H,8,9)/t17-,19+;/m0./s1. The van der Waals surface area contributed by atoms with Gasteiger partial charge in [-0.1, -0.05) is 38.1 Å². The highest BCUT2D eigenvalue weighted by molar-refractivity contribution is 5.94. The fraction of sp³-hybridized carbons (Fsp3) is 0.438. The van der Waals surface area contributed by atoms with E-state index in [1.165, 1.54) is 23.1 Å². The second-order valence-corrected chi connectivity index (χ2v) is 12.6. The van der Waals surface area contributed by atoms with Gasteiger partial charge < -0.3 is 24.7 Å². The van der Waals surface area contributed by atoms with Crippen molar-refractivity contribution in [2.45, 2.75) is 33.4 Å². The van der Waals surface area contributed by atoms with Crippen molar-refractivity contribution in [1.82, 2.24) is 19.6 Å². The van der Waals surface area contributed by atoms with Gasteiger partial charge in [-0.05, 0) is 30.0 Å². The SMILES string of the molecule is CC1(C)C[C@@H]1C(=O)N1CC2(CN(C(=O)c3cnn(Cc4ccc(F)cc4OC(F)F)c3)C[C@H]2CO)C1.O=C(O)c1ccccc1. The number of hydrogen-bond donors (Lipinski definition) is 2. The van der Waals surface area contributed by atoms with Crippen LogP contribution in [-0.2, 0) is 11.3 Å². The van der Waals surface area contributed by atoms with E-state index in [1.807, 2.05) is 4.90 Å². The maximum absolute atomic E-state index is 13.5. The maximum atomic E-state index is 13.5. The highest BCUT2D eigenvalue weighted by Crippen LogP contribution is 2.54. The number of aliphatic hydroxyl groups excluding tert-OH is 1. The molecule has 1 spiro atoms. The van der Waals surface area contributed by atoms with Crippen LogP contribution in [0.15, 0.2) is 60.9 Å². The first-order valence-electron chi connectivity index (χ1n) is 14.5. The van der Waals surface area contributed by atoms with Crippen LogP contribution < -0.4 is 4.74 Å². The lowest BCUT2D eigenvalue weighted by molar-refractivity contribution is -0.148. The van der Waals surface area contributed by atoms with Crippen LogP contribution >= 0.6 is 0 Å². The van der Waals surface area contributed by atoms with Gasteiger partial charge in [0.1, 0.15) is 11.6 Å². The van der Waals surface area contributed by atoms with Gasteiger partial charge in [0.15, 0.2) is 0 Å². The van der Waals surface area contributed by atoms with Gasteiger partial charge in [-0.3, -0.25) is 14.3 Å². The highest BCUT2D eigenvalue weighted by atomic mass is 19.3. The van der Waals surface area contributed by atoms with Crippen molar-refractivity contribution in [1.29, 1.82) is 0 Å². The molecule has 13 heteroatoms. The molecule has 3 heterocycles. The van der Waals surface area contributed by atoms with Crippen LogP contribution in [-0.4, -0.2) is 87.0 Å². The van der Waals surface area contributed by atoms with E-state index in [9.17, 15) is 32.7 Å². The van der Waals surface area contributed by atoms with Crippen molar-refractivity contribution >= 4 is 17.8 Å². The Morgan fingerprint density at radius 1 is 1.04 bits per heavy atom. The van der Waals surface area contributed by atoms with Gasteiger partial charge in [0.05, 0.1) is 23.9 Å². The van der Waals surface area contributed by atoms with Gasteiger partial charge in [-0.2, -0.15) is 13.9 Å². The predicted molar refractivity (Wildman–Crippen MR) is 155 cm³/mol. The summed E-state index contributed by atoms with van der Waals surface area (Å²) in [5.74, 6) is -2.04. The molecule has 3 aliphatic rings. The number of aliphatic hydroxyl groups is 1. The molecule has 2 aromatic carbocycles. The Morgan fingerprint density at radius 3 is 2.29 bits per heavy atom. The minimum absolute atomic E-state index is 0.00734. The van der Waals surface area contributed by atoms with Crippen LogP contribution in [0.4, 0.5) is 13.2 Å². The molecule has 1 aromatic heterocycles. The van der Waals surface area contributed by atoms with Gasteiger partial charge in [0.25, 0.3) is 5.91 Å². The molecule has 3 aromatic rings. The Hall–Kier alpha value is -4.39. The second-order valence-electron chi connectivity index (χ2n) is 12.6. The van der Waals surface area contributed by atoms with Crippen LogP contribution in [0.1, 0.15) is 46.5 Å². The van der Waals surface area contributed by atoms with Crippen LogP contribution in [0.25, 0.3) is 0 Å². The van der Waals surface area contributed by atoms with E-state index in [4.69, 9.17) is 5.11 Å². The predicted octanol–water partition coefficient (Wildman–Crippen LogP) is 4.00. The number of carbonyl (C=O) groups excluding carboxylic acids is 2. The molecule has 2 atom stereocenters. The lowest BCUT2D eigenvalue weighted by Crippen LogP contribution is -2.63. The van der Waals surface area contributed by atoms with E-state index in [1.54, 1.807) is 35.2 Å². The summed E-state index contributed by atoms with van der Waals surface area (Å²) in [6.45, 7) is 2.88. The second kappa shape index (κ2) is 12.5. The number of rotatable bonds is 8. The third-order valence-electron chi connectivity index (χ3n) is 8.93. The number of aromatic carboxylic acids is 1. The Bertz CT molecular complexity index is 1560. The summed E-state index contributed by atoms with van der Waals surface area (Å²) in [5, 5.41) is 22.5. The number of likely N-dealkylation sites (tertiary alicyclic amines) is 2. The Labute approximate surface area is 258 Å². The summed E-state index contributed by atoms with van der Waals surface area (Å²) in [6, 6.07) is 11.6. The highest BCUT2D eigenvalue weighted by Gasteiger charge is 2.60. The summed E-state index contributed by atoms with van der Waals surface area (Å²) in [5.41, 5.74) is 0.669. The van der Waals surface area contributed by atoms with E-state index >= 15 is 0 Å². The summed E-state index contributed by atoms with van der Waals surface area (Å²) in [4.78, 5) is 39.7. The molecule has 1 saturated carbocycles. The summed E-state index contributed by atoms with van der Waals surface area (Å²) in [7, 11) is 0. The molecule has 2 saturated heterocycles. The molecule has 240 valence electrons. The molecule has 2 amide bonds. The normalized spacial score (nSPS) is 20.8. The fourth-order valence-corrected chi connectivity index (χ4v) is 6.14. The monoisotopic (exact) mass is 628 g/mol. The number of carbonyl (C=O) groups is 3. The van der Waals surface area contributed by atoms with E-state index in [0.717, 1.165) is 18.6 Å². The number of nitrogens with zero attached hydrogens (tertiary/aromatic N) is 4. The molecule has 3 fully saturated rings. The van der Waals surface area contributed by atoms with Crippen LogP contribution in [0.5, 0.6) is 5.75 Å². The minimum Gasteiger partial charge on any atom is -0.478 e. The average Bonchev–Trinajstić information content (AvgIpc) is 3.30. The molecule has 2 N–H and O–H groups in total. The molecular weight excluding hydrogens is 593 g/mol. The first kappa shape index (κ1) is 32.0. The van der Waals surface area contributed by atoms with Gasteiger partial charge in [-0.15, -0.1) is 0 Å². The van der Waals surface area contributed by atoms with Crippen molar-refractivity contribution in [3.05, 3.63) is 83.4 Å². The zero-order chi connectivity index (χ0) is 32.5. The van der Waals surface area contributed by atoms with Crippen LogP contribution in [0.2, 0.25) is 0 Å². The molecule has 1 aliphatic carbocycles. The number of halogens is 3. The van der Waals surface area contributed by atoms with Crippen LogP contribution in [0, 0.1) is 28.5 Å². The molecule has 2 aliphatic heterocycles. The lowest BCUT2D eigenvalue weighted by atomic mass is 9.71. The molecule has 45 heavy (non-hydrogen) atoms. The van der Waals surface area contributed by atoms with Gasteiger partial charge >= 0.3 is 12.6 Å². The Kier molecular flexibility index (Phi) is 8.92. The molecule has 6 rings (SSSR count). The number of benzene rings is 2. The van der Waals surface area contributed by atoms with Gasteiger partial charge in [0.2, 0.25) is 5.91 Å². The summed E-state index contributed by atoms with van der Waals surface area (Å²) < 4.78 is 44.7. The molecule has 0 bridgehead atoms. The number of amides is 2. The van der Waals surface area contributed by atoms with Crippen molar-refractivity contribution in [3.8, 4) is 5.75 Å². The average molecular weight is 629 g/mol. The van der Waals surface area contributed by atoms with E-state index in [0.29, 0.717) is 37.3 Å². The third kappa shape index (κ3) is 6.98. The van der Waals surface area contributed by atoms with Crippen molar-refractivity contribution in [3.63, 3.8) is 0 Å². The molecule has 0 unspecified atom stereocenters. The number of alkyl halides is 2. The Balaban J connectivity index is 0.000000383. The van der Waals surface area contributed by atoms with Crippen molar-refractivity contribution in [2.24, 2.45) is 22.7 Å². The fourth-order valence-electron chi connectivity index (χ4n) is 6.14. The van der Waals surface area contributed by atoms with Crippen molar-refractivity contribution < 1.29 is 42.5 Å². The van der Waals surface area contributed by atoms with E-state index in [2.05, 4.69) is 23.7 Å². The number of ether oxygens (including phenoxy) is 1. The molecule has 0 radical (unpaired) electrons. The molecule has 10 nitrogen and oxygen atoms in total. The smallest absolute Gasteiger partial charge is 0.387 e. The number of carboxylic acid groups (broad SMARTS) is 1. The molecular formula is C32H35F3N4O6. The Morgan fingerprint density at radius 2 is 1.71 bits per heavy atom. The van der Waals surface area contributed by atoms with Gasteiger partial charge in [0, 0.05) is 67.9 Å². The maximum Gasteiger partial charge on any atom is 0.387 e. The first-order valence-corrected chi connectivity index (χ1v) is 14.5. The lowest BCUT2D eigenvalue weighted by Gasteiger charge is -2.50. The first-order chi connectivity index (χ1) is 21.3. The largest absolute Gasteiger partial charge is 0.478 e. The zero-order valence-corrected chi connectivity index (χ0v) is 24.9. The van der Waals surface area contributed by atoms with E-state index < -0.39 is 18.4 Å². The summed E-state index contributed by atoms with van der Waals surface area (Å²) in [6.07, 6.45) is 3.79. The number of aromatic nitrogens is 2. The summed E-state index contributed by atoms with van der Waals surface area (Å²) >= 11 is 0. The topological polar surface area (TPSA) is 125 Å². The zero-order valence-electron chi connectivity index (χ0n) is 24.9. The van der Waals surface area contributed by atoms with Crippen LogP contribution in [0.3, 0.4) is 0 Å². The third-order valence-corrected chi connectivity index (χ3v) is 8.93. The number of carboxylic acids is 1. The minimum atomic E-state index is -3.10. The van der Waals surface area contributed by atoms with Crippen molar-refractivity contribution in [2.75, 3.05) is 32.8 Å². The van der Waals surface area contributed by atoms with E-state index in [-0.39, 0.29) is 58.9 Å².